The normalized spacial score (nSPS) is 10.2. The third kappa shape index (κ3) is 2.67. The number of benzene rings is 1. The smallest absolute Gasteiger partial charge is 0.178 e. The lowest BCUT2D eigenvalue weighted by molar-refractivity contribution is 0.102. The molecule has 0 radical (unpaired) electrons. The first-order valence-electron chi connectivity index (χ1n) is 3.61. The molecule has 0 fully saturated rings. The summed E-state index contributed by atoms with van der Waals surface area (Å²) < 4.78 is 1.95. The van der Waals surface area contributed by atoms with Crippen LogP contribution in [0.3, 0.4) is 0 Å². The fourth-order valence-corrected chi connectivity index (χ4v) is 2.55. The van der Waals surface area contributed by atoms with Gasteiger partial charge in [-0.2, -0.15) is 0 Å². The number of rotatable bonds is 2. The summed E-state index contributed by atoms with van der Waals surface area (Å²) in [5.74, 6) is -0.0217. The lowest BCUT2D eigenvalue weighted by atomic mass is 10.1. The van der Waals surface area contributed by atoms with Crippen molar-refractivity contribution in [2.45, 2.75) is 6.92 Å². The minimum atomic E-state index is -0.0481. The summed E-state index contributed by atoms with van der Waals surface area (Å²) in [5.41, 5.74) is 1.75. The molecule has 0 atom stereocenters. The zero-order chi connectivity index (χ0) is 10.0. The first-order valence-corrected chi connectivity index (χ1v) is 6.01. The molecule has 0 heterocycles. The van der Waals surface area contributed by atoms with E-state index in [1.54, 1.807) is 0 Å². The van der Waals surface area contributed by atoms with E-state index in [-0.39, 0.29) is 11.7 Å². The van der Waals surface area contributed by atoms with Gasteiger partial charge in [-0.3, -0.25) is 4.79 Å². The second-order valence-electron chi connectivity index (χ2n) is 2.64. The fraction of sp³-hybridized carbons (Fsp3) is 0.222. The monoisotopic (exact) mass is 372 g/mol. The molecule has 1 aromatic carbocycles. The molecule has 70 valence electrons. The van der Waals surface area contributed by atoms with Crippen molar-refractivity contribution in [3.05, 3.63) is 31.3 Å². The molecule has 1 nitrogen and oxygen atoms in total. The van der Waals surface area contributed by atoms with Crippen molar-refractivity contribution in [2.24, 2.45) is 0 Å². The molecule has 0 aromatic heterocycles. The van der Waals surface area contributed by atoms with Crippen molar-refractivity contribution in [1.29, 1.82) is 0 Å². The molecule has 1 rings (SSSR count). The van der Waals surface area contributed by atoms with Gasteiger partial charge in [-0.05, 0) is 47.2 Å². The van der Waals surface area contributed by atoms with Crippen LogP contribution in [0.25, 0.3) is 0 Å². The summed E-state index contributed by atoms with van der Waals surface area (Å²) in [6, 6.07) is 3.78. The van der Waals surface area contributed by atoms with Gasteiger partial charge in [-0.15, -0.1) is 11.6 Å². The molecule has 0 saturated heterocycles. The third-order valence-electron chi connectivity index (χ3n) is 1.67. The van der Waals surface area contributed by atoms with Crippen LogP contribution >= 0.6 is 50.1 Å². The van der Waals surface area contributed by atoms with Crippen molar-refractivity contribution in [2.75, 3.05) is 5.88 Å². The van der Waals surface area contributed by atoms with Crippen LogP contribution in [0.1, 0.15) is 15.9 Å². The third-order valence-corrected chi connectivity index (χ3v) is 3.73. The average molecular weight is 373 g/mol. The summed E-state index contributed by atoms with van der Waals surface area (Å²) in [6.07, 6.45) is 0. The number of carbonyl (C=O) groups excluding carboxylic acids is 1. The highest BCUT2D eigenvalue weighted by Gasteiger charge is 2.10. The van der Waals surface area contributed by atoms with Gasteiger partial charge in [-0.1, -0.05) is 15.9 Å². The van der Waals surface area contributed by atoms with Crippen LogP contribution in [0.4, 0.5) is 0 Å². The maximum Gasteiger partial charge on any atom is 0.178 e. The van der Waals surface area contributed by atoms with Gasteiger partial charge in [0.05, 0.1) is 5.88 Å². The van der Waals surface area contributed by atoms with Crippen LogP contribution in [0.5, 0.6) is 0 Å². The molecule has 0 aliphatic rings. The standard InChI is InChI=1S/C9H7BrClIO/c1-5-2-6(9(13)4-11)7(10)3-8(5)12/h2-3H,4H2,1H3. The van der Waals surface area contributed by atoms with Crippen molar-refractivity contribution in [3.8, 4) is 0 Å². The maximum atomic E-state index is 11.3. The SMILES string of the molecule is Cc1cc(C(=O)CCl)c(Br)cc1I. The molecule has 0 amide bonds. The summed E-state index contributed by atoms with van der Waals surface area (Å²) in [6.45, 7) is 1.97. The molecule has 13 heavy (non-hydrogen) atoms. The molecule has 0 aliphatic heterocycles. The molecule has 4 heteroatoms. The van der Waals surface area contributed by atoms with Crippen LogP contribution < -0.4 is 0 Å². The largest absolute Gasteiger partial charge is 0.293 e. The quantitative estimate of drug-likeness (QED) is 0.438. The van der Waals surface area contributed by atoms with Gasteiger partial charge in [-0.25, -0.2) is 0 Å². The average Bonchev–Trinajstić information content (AvgIpc) is 2.10. The van der Waals surface area contributed by atoms with E-state index in [0.717, 1.165) is 13.6 Å². The highest BCUT2D eigenvalue weighted by atomic mass is 127. The van der Waals surface area contributed by atoms with Gasteiger partial charge >= 0.3 is 0 Å². The van der Waals surface area contributed by atoms with Crippen LogP contribution in [-0.2, 0) is 0 Å². The first-order chi connectivity index (χ1) is 6.06. The number of ketones is 1. The number of Topliss-reactive ketones (excluding diaryl/α,β-unsaturated/α-hetero) is 1. The minimum absolute atomic E-state index is 0.0264. The maximum absolute atomic E-state index is 11.3. The highest BCUT2D eigenvalue weighted by Crippen LogP contribution is 2.23. The summed E-state index contributed by atoms with van der Waals surface area (Å²) in [4.78, 5) is 11.3. The Morgan fingerprint density at radius 2 is 2.23 bits per heavy atom. The van der Waals surface area contributed by atoms with Crippen molar-refractivity contribution < 1.29 is 4.79 Å². The molecule has 0 N–H and O–H groups in total. The van der Waals surface area contributed by atoms with Crippen LogP contribution in [0, 0.1) is 10.5 Å². The van der Waals surface area contributed by atoms with E-state index in [1.165, 1.54) is 0 Å². The Labute approximate surface area is 104 Å². The van der Waals surface area contributed by atoms with E-state index < -0.39 is 0 Å². The summed E-state index contributed by atoms with van der Waals surface area (Å²) in [5, 5.41) is 0. The van der Waals surface area contributed by atoms with E-state index in [4.69, 9.17) is 11.6 Å². The number of halogens is 3. The topological polar surface area (TPSA) is 17.1 Å². The lowest BCUT2D eigenvalue weighted by Crippen LogP contribution is -2.02. The Balaban J connectivity index is 3.23. The van der Waals surface area contributed by atoms with Gasteiger partial charge in [0.25, 0.3) is 0 Å². The van der Waals surface area contributed by atoms with Crippen LogP contribution in [-0.4, -0.2) is 11.7 Å². The second-order valence-corrected chi connectivity index (χ2v) is 4.92. The van der Waals surface area contributed by atoms with Crippen LogP contribution in [0.15, 0.2) is 16.6 Å². The fourth-order valence-electron chi connectivity index (χ4n) is 0.943. The molecule has 0 bridgehead atoms. The van der Waals surface area contributed by atoms with Crippen molar-refractivity contribution >= 4 is 55.9 Å². The number of aryl methyl sites for hydroxylation is 1. The second kappa shape index (κ2) is 4.75. The zero-order valence-electron chi connectivity index (χ0n) is 6.90. The lowest BCUT2D eigenvalue weighted by Gasteiger charge is -2.04. The molecule has 0 aliphatic carbocycles. The van der Waals surface area contributed by atoms with Gasteiger partial charge in [0, 0.05) is 13.6 Å². The van der Waals surface area contributed by atoms with Gasteiger partial charge < -0.3 is 0 Å². The Kier molecular flexibility index (Phi) is 4.19. The Bertz CT molecular complexity index is 352. The van der Waals surface area contributed by atoms with E-state index in [2.05, 4.69) is 38.5 Å². The van der Waals surface area contributed by atoms with E-state index in [0.29, 0.717) is 5.56 Å². The first kappa shape index (κ1) is 11.5. The summed E-state index contributed by atoms with van der Waals surface area (Å²) >= 11 is 11.0. The molecule has 0 saturated carbocycles. The number of hydrogen-bond acceptors (Lipinski definition) is 1. The number of alkyl halides is 1. The predicted octanol–water partition coefficient (Wildman–Crippen LogP) is 3.78. The minimum Gasteiger partial charge on any atom is -0.293 e. The van der Waals surface area contributed by atoms with E-state index in [9.17, 15) is 4.79 Å². The predicted molar refractivity (Wildman–Crippen MR) is 66.6 cm³/mol. The Morgan fingerprint density at radius 1 is 1.62 bits per heavy atom. The molecule has 0 spiro atoms. The van der Waals surface area contributed by atoms with Gasteiger partial charge in [0.2, 0.25) is 0 Å². The van der Waals surface area contributed by atoms with Gasteiger partial charge in [0.15, 0.2) is 5.78 Å². The molecular formula is C9H7BrClIO. The highest BCUT2D eigenvalue weighted by molar-refractivity contribution is 14.1. The van der Waals surface area contributed by atoms with E-state index >= 15 is 0 Å². The van der Waals surface area contributed by atoms with Crippen molar-refractivity contribution in [3.63, 3.8) is 0 Å². The zero-order valence-corrected chi connectivity index (χ0v) is 11.4. The number of hydrogen-bond donors (Lipinski definition) is 0. The summed E-state index contributed by atoms with van der Waals surface area (Å²) in [7, 11) is 0. The Morgan fingerprint density at radius 3 is 2.77 bits per heavy atom. The van der Waals surface area contributed by atoms with Gasteiger partial charge in [0.1, 0.15) is 0 Å². The number of carbonyl (C=O) groups is 1. The molecule has 1 aromatic rings. The Hall–Kier alpha value is 0.390. The molecular weight excluding hydrogens is 366 g/mol. The van der Waals surface area contributed by atoms with Crippen molar-refractivity contribution in [1.82, 2.24) is 0 Å². The molecule has 0 unspecified atom stereocenters. The van der Waals surface area contributed by atoms with Crippen LogP contribution in [0.2, 0.25) is 0 Å². The van der Waals surface area contributed by atoms with E-state index in [1.807, 2.05) is 19.1 Å².